The lowest BCUT2D eigenvalue weighted by Crippen LogP contribution is -2.27. The fourth-order valence-corrected chi connectivity index (χ4v) is 3.32. The monoisotopic (exact) mass is 278 g/mol. The summed E-state index contributed by atoms with van der Waals surface area (Å²) in [7, 11) is 0. The van der Waals surface area contributed by atoms with Crippen LogP contribution in [0.3, 0.4) is 0 Å². The van der Waals surface area contributed by atoms with Gasteiger partial charge in [0.15, 0.2) is 0 Å². The second kappa shape index (κ2) is 7.20. The zero-order valence-corrected chi connectivity index (χ0v) is 13.2. The Balaban J connectivity index is 2.10. The minimum atomic E-state index is 0.546. The smallest absolute Gasteiger partial charge is 0.0901 e. The van der Waals surface area contributed by atoms with Crippen molar-refractivity contribution in [3.63, 3.8) is 0 Å². The molecule has 1 aliphatic carbocycles. The highest BCUT2D eigenvalue weighted by Crippen LogP contribution is 2.30. The molecule has 106 valence electrons. The first kappa shape index (κ1) is 14.7. The van der Waals surface area contributed by atoms with Gasteiger partial charge in [-0.25, -0.2) is 4.98 Å². The Bertz CT molecular complexity index is 414. The predicted octanol–water partition coefficient (Wildman–Crippen LogP) is 4.41. The largest absolute Gasteiger partial charge is 0.311 e. The van der Waals surface area contributed by atoms with E-state index >= 15 is 0 Å². The van der Waals surface area contributed by atoms with Gasteiger partial charge in [0.05, 0.1) is 10.7 Å². The van der Waals surface area contributed by atoms with Crippen molar-refractivity contribution in [3.8, 4) is 0 Å². The van der Waals surface area contributed by atoms with E-state index in [2.05, 4.69) is 42.5 Å². The quantitative estimate of drug-likeness (QED) is 0.862. The maximum absolute atomic E-state index is 4.59. The maximum Gasteiger partial charge on any atom is 0.0901 e. The molecule has 0 atom stereocenters. The van der Waals surface area contributed by atoms with Crippen LogP contribution in [0.4, 0.5) is 0 Å². The van der Waals surface area contributed by atoms with Crippen LogP contribution in [-0.2, 0) is 0 Å². The highest BCUT2D eigenvalue weighted by atomic mass is 32.1. The first-order chi connectivity index (χ1) is 9.15. The van der Waals surface area contributed by atoms with Crippen LogP contribution in [-0.4, -0.2) is 17.6 Å². The summed E-state index contributed by atoms with van der Waals surface area (Å²) < 4.78 is 0. The molecule has 1 saturated carbocycles. The molecule has 1 aromatic rings. The standard InChI is InChI=1S/C16H26N2S/c1-12(2)17-10-15(14-7-5-4-6-8-14)9-16-11-19-13(3)18-16/h9,11-12,14,17H,4-8,10H2,1-3H3. The summed E-state index contributed by atoms with van der Waals surface area (Å²) >= 11 is 1.74. The molecule has 0 bridgehead atoms. The Morgan fingerprint density at radius 1 is 1.42 bits per heavy atom. The van der Waals surface area contributed by atoms with E-state index in [9.17, 15) is 0 Å². The van der Waals surface area contributed by atoms with E-state index in [1.54, 1.807) is 16.9 Å². The highest BCUT2D eigenvalue weighted by Gasteiger charge is 2.18. The average molecular weight is 278 g/mol. The van der Waals surface area contributed by atoms with Gasteiger partial charge in [-0.3, -0.25) is 0 Å². The van der Waals surface area contributed by atoms with Gasteiger partial charge in [0.1, 0.15) is 0 Å². The molecule has 1 aromatic heterocycles. The third-order valence-corrected chi connectivity index (χ3v) is 4.61. The van der Waals surface area contributed by atoms with Crippen molar-refractivity contribution in [3.05, 3.63) is 21.7 Å². The number of rotatable bonds is 5. The number of hydrogen-bond acceptors (Lipinski definition) is 3. The van der Waals surface area contributed by atoms with Crippen molar-refractivity contribution in [1.82, 2.24) is 10.3 Å². The molecular formula is C16H26N2S. The average Bonchev–Trinajstić information content (AvgIpc) is 2.81. The SMILES string of the molecule is Cc1nc(C=C(CNC(C)C)C2CCCCC2)cs1. The molecule has 2 rings (SSSR count). The third kappa shape index (κ3) is 4.73. The first-order valence-electron chi connectivity index (χ1n) is 7.51. The first-order valence-corrected chi connectivity index (χ1v) is 8.39. The Labute approximate surface area is 121 Å². The summed E-state index contributed by atoms with van der Waals surface area (Å²) in [5.74, 6) is 0.766. The topological polar surface area (TPSA) is 24.9 Å². The van der Waals surface area contributed by atoms with Crippen molar-refractivity contribution in [2.24, 2.45) is 5.92 Å². The summed E-state index contributed by atoms with van der Waals surface area (Å²) in [4.78, 5) is 4.59. The second-order valence-corrected chi connectivity index (χ2v) is 6.94. The van der Waals surface area contributed by atoms with E-state index in [1.165, 1.54) is 32.1 Å². The van der Waals surface area contributed by atoms with Crippen LogP contribution in [0.1, 0.15) is 56.7 Å². The molecule has 0 spiro atoms. The van der Waals surface area contributed by atoms with Crippen molar-refractivity contribution in [1.29, 1.82) is 0 Å². The van der Waals surface area contributed by atoms with Crippen molar-refractivity contribution >= 4 is 17.4 Å². The molecular weight excluding hydrogens is 252 g/mol. The van der Waals surface area contributed by atoms with Crippen molar-refractivity contribution in [2.45, 2.75) is 58.9 Å². The predicted molar refractivity (Wildman–Crippen MR) is 84.5 cm³/mol. The molecule has 1 heterocycles. The number of hydrogen-bond donors (Lipinski definition) is 1. The second-order valence-electron chi connectivity index (χ2n) is 5.88. The minimum absolute atomic E-state index is 0.546. The van der Waals surface area contributed by atoms with Crippen LogP contribution in [0.25, 0.3) is 6.08 Å². The van der Waals surface area contributed by atoms with Crippen LogP contribution in [0.5, 0.6) is 0 Å². The zero-order chi connectivity index (χ0) is 13.7. The minimum Gasteiger partial charge on any atom is -0.311 e. The molecule has 1 fully saturated rings. The van der Waals surface area contributed by atoms with E-state index in [4.69, 9.17) is 0 Å². The van der Waals surface area contributed by atoms with E-state index in [1.807, 2.05) is 0 Å². The normalized spacial score (nSPS) is 18.2. The number of nitrogens with zero attached hydrogens (tertiary/aromatic N) is 1. The molecule has 2 nitrogen and oxygen atoms in total. The fourth-order valence-electron chi connectivity index (χ4n) is 2.74. The lowest BCUT2D eigenvalue weighted by Gasteiger charge is -2.25. The molecule has 0 aliphatic heterocycles. The summed E-state index contributed by atoms with van der Waals surface area (Å²) in [5.41, 5.74) is 2.70. The molecule has 1 aliphatic rings. The lowest BCUT2D eigenvalue weighted by molar-refractivity contribution is 0.394. The number of aryl methyl sites for hydroxylation is 1. The van der Waals surface area contributed by atoms with Gasteiger partial charge in [0.2, 0.25) is 0 Å². The zero-order valence-electron chi connectivity index (χ0n) is 12.4. The number of thiazole rings is 1. The van der Waals surface area contributed by atoms with Crippen LogP contribution in [0, 0.1) is 12.8 Å². The third-order valence-electron chi connectivity index (χ3n) is 3.81. The number of aromatic nitrogens is 1. The molecule has 0 saturated heterocycles. The van der Waals surface area contributed by atoms with Gasteiger partial charge in [-0.1, -0.05) is 38.7 Å². The Hall–Kier alpha value is -0.670. The molecule has 0 aromatic carbocycles. The highest BCUT2D eigenvalue weighted by molar-refractivity contribution is 7.09. The molecule has 0 amide bonds. The van der Waals surface area contributed by atoms with Gasteiger partial charge < -0.3 is 5.32 Å². The molecule has 0 unspecified atom stereocenters. The summed E-state index contributed by atoms with van der Waals surface area (Å²) in [6.07, 6.45) is 9.23. The Kier molecular flexibility index (Phi) is 5.59. The van der Waals surface area contributed by atoms with Crippen LogP contribution >= 0.6 is 11.3 Å². The molecule has 0 radical (unpaired) electrons. The van der Waals surface area contributed by atoms with Gasteiger partial charge in [0.25, 0.3) is 0 Å². The molecule has 1 N–H and O–H groups in total. The lowest BCUT2D eigenvalue weighted by atomic mass is 9.83. The van der Waals surface area contributed by atoms with Gasteiger partial charge in [-0.05, 0) is 31.8 Å². The van der Waals surface area contributed by atoms with Crippen LogP contribution in [0.15, 0.2) is 11.0 Å². The van der Waals surface area contributed by atoms with E-state index in [-0.39, 0.29) is 0 Å². The van der Waals surface area contributed by atoms with Crippen molar-refractivity contribution < 1.29 is 0 Å². The summed E-state index contributed by atoms with van der Waals surface area (Å²) in [6.45, 7) is 7.52. The van der Waals surface area contributed by atoms with Gasteiger partial charge in [-0.15, -0.1) is 11.3 Å². The van der Waals surface area contributed by atoms with E-state index in [0.717, 1.165) is 23.2 Å². The van der Waals surface area contributed by atoms with Crippen LogP contribution < -0.4 is 5.32 Å². The van der Waals surface area contributed by atoms with Crippen molar-refractivity contribution in [2.75, 3.05) is 6.54 Å². The van der Waals surface area contributed by atoms with E-state index < -0.39 is 0 Å². The Morgan fingerprint density at radius 2 is 2.16 bits per heavy atom. The van der Waals surface area contributed by atoms with Gasteiger partial charge in [-0.2, -0.15) is 0 Å². The van der Waals surface area contributed by atoms with Gasteiger partial charge in [0, 0.05) is 18.0 Å². The maximum atomic E-state index is 4.59. The van der Waals surface area contributed by atoms with Crippen LogP contribution in [0.2, 0.25) is 0 Å². The Morgan fingerprint density at radius 3 is 2.74 bits per heavy atom. The molecule has 19 heavy (non-hydrogen) atoms. The van der Waals surface area contributed by atoms with E-state index in [0.29, 0.717) is 6.04 Å². The number of nitrogens with one attached hydrogen (secondary N) is 1. The van der Waals surface area contributed by atoms with Gasteiger partial charge >= 0.3 is 0 Å². The molecule has 3 heteroatoms. The summed E-state index contributed by atoms with van der Waals surface area (Å²) in [6, 6.07) is 0.546. The fraction of sp³-hybridized carbons (Fsp3) is 0.688. The summed E-state index contributed by atoms with van der Waals surface area (Å²) in [5, 5.41) is 6.91.